The van der Waals surface area contributed by atoms with Gasteiger partial charge in [0.2, 0.25) is 5.91 Å². The zero-order valence-corrected chi connectivity index (χ0v) is 11.6. The molecular weight excluding hydrogens is 274 g/mol. The van der Waals surface area contributed by atoms with E-state index in [0.717, 1.165) is 12.1 Å². The number of nitrogens with zero attached hydrogens (tertiary/aromatic N) is 1. The van der Waals surface area contributed by atoms with Gasteiger partial charge >= 0.3 is 0 Å². The highest BCUT2D eigenvalue weighted by atomic mass is 32.2. The molecule has 106 valence electrons. The maximum Gasteiger partial charge on any atom is 0.222 e. The molecule has 0 aliphatic heterocycles. The predicted octanol–water partition coefficient (Wildman–Crippen LogP) is 1.52. The normalized spacial score (nSPS) is 12.2. The van der Waals surface area contributed by atoms with Crippen LogP contribution in [0.1, 0.15) is 12.8 Å². The van der Waals surface area contributed by atoms with Gasteiger partial charge in [-0.3, -0.25) is 9.00 Å². The number of rotatable bonds is 5. The van der Waals surface area contributed by atoms with E-state index >= 15 is 0 Å². The van der Waals surface area contributed by atoms with Crippen LogP contribution in [0.3, 0.4) is 0 Å². The molecule has 1 aromatic rings. The summed E-state index contributed by atoms with van der Waals surface area (Å²) in [6.07, 6.45) is 0.490. The van der Waals surface area contributed by atoms with Gasteiger partial charge in [0.1, 0.15) is 16.5 Å². The van der Waals surface area contributed by atoms with Crippen molar-refractivity contribution in [2.45, 2.75) is 17.7 Å². The van der Waals surface area contributed by atoms with Gasteiger partial charge in [-0.2, -0.15) is 0 Å². The lowest BCUT2D eigenvalue weighted by molar-refractivity contribution is -0.128. The quantitative estimate of drug-likeness (QED) is 0.836. The average Bonchev–Trinajstić information content (AvgIpc) is 2.26. The van der Waals surface area contributed by atoms with Gasteiger partial charge in [-0.1, -0.05) is 0 Å². The van der Waals surface area contributed by atoms with Crippen molar-refractivity contribution in [3.8, 4) is 0 Å². The third kappa shape index (κ3) is 4.27. The molecule has 19 heavy (non-hydrogen) atoms. The highest BCUT2D eigenvalue weighted by Gasteiger charge is 2.17. The van der Waals surface area contributed by atoms with Gasteiger partial charge in [0.05, 0.1) is 10.8 Å². The van der Waals surface area contributed by atoms with Gasteiger partial charge in [0.15, 0.2) is 0 Å². The fraction of sp³-hybridized carbons (Fsp3) is 0.417. The molecular formula is C12H16F2N2O2S. The topological polar surface area (TPSA) is 63.4 Å². The molecule has 0 saturated heterocycles. The van der Waals surface area contributed by atoms with Crippen LogP contribution in [0.15, 0.2) is 17.0 Å². The van der Waals surface area contributed by atoms with E-state index in [1.165, 1.54) is 4.90 Å². The van der Waals surface area contributed by atoms with Crippen LogP contribution in [0.5, 0.6) is 0 Å². The van der Waals surface area contributed by atoms with Crippen LogP contribution in [0.4, 0.5) is 14.5 Å². The van der Waals surface area contributed by atoms with Crippen LogP contribution >= 0.6 is 0 Å². The van der Waals surface area contributed by atoms with Crippen molar-refractivity contribution in [2.75, 3.05) is 25.6 Å². The first-order valence-corrected chi connectivity index (χ1v) is 6.98. The Morgan fingerprint density at radius 2 is 1.84 bits per heavy atom. The second kappa shape index (κ2) is 6.60. The van der Waals surface area contributed by atoms with E-state index in [1.807, 2.05) is 0 Å². The Hall–Kier alpha value is -1.50. The lowest BCUT2D eigenvalue weighted by Crippen LogP contribution is -2.21. The van der Waals surface area contributed by atoms with Gasteiger partial charge in [0, 0.05) is 32.0 Å². The minimum Gasteiger partial charge on any atom is -0.399 e. The summed E-state index contributed by atoms with van der Waals surface area (Å²) in [5.74, 6) is -1.93. The molecule has 1 rings (SSSR count). The molecule has 0 fully saturated rings. The van der Waals surface area contributed by atoms with Crippen molar-refractivity contribution < 1.29 is 17.8 Å². The molecule has 0 saturated carbocycles. The summed E-state index contributed by atoms with van der Waals surface area (Å²) in [4.78, 5) is 12.2. The van der Waals surface area contributed by atoms with Crippen LogP contribution in [-0.2, 0) is 15.6 Å². The van der Waals surface area contributed by atoms with Gasteiger partial charge < -0.3 is 10.6 Å². The first-order chi connectivity index (χ1) is 8.82. The van der Waals surface area contributed by atoms with Crippen LogP contribution in [-0.4, -0.2) is 34.9 Å². The van der Waals surface area contributed by atoms with Gasteiger partial charge in [-0.05, 0) is 18.6 Å². The minimum atomic E-state index is -1.82. The molecule has 1 amide bonds. The lowest BCUT2D eigenvalue weighted by atomic mass is 10.3. The second-order valence-electron chi connectivity index (χ2n) is 4.26. The number of hydrogen-bond acceptors (Lipinski definition) is 3. The number of halogens is 2. The largest absolute Gasteiger partial charge is 0.399 e. The van der Waals surface area contributed by atoms with Crippen LogP contribution in [0.2, 0.25) is 0 Å². The molecule has 0 bridgehead atoms. The molecule has 7 heteroatoms. The van der Waals surface area contributed by atoms with Crippen molar-refractivity contribution in [2.24, 2.45) is 0 Å². The molecule has 4 nitrogen and oxygen atoms in total. The Bertz CT molecular complexity index is 483. The van der Waals surface area contributed by atoms with E-state index in [4.69, 9.17) is 5.73 Å². The molecule has 0 radical (unpaired) electrons. The number of carbonyl (C=O) groups is 1. The molecule has 0 spiro atoms. The molecule has 1 unspecified atom stereocenters. The number of nitrogens with two attached hydrogens (primary N) is 1. The Morgan fingerprint density at radius 1 is 1.32 bits per heavy atom. The summed E-state index contributed by atoms with van der Waals surface area (Å²) in [7, 11) is 1.40. The first-order valence-electron chi connectivity index (χ1n) is 5.66. The third-order valence-electron chi connectivity index (χ3n) is 2.47. The Balaban J connectivity index is 2.67. The Morgan fingerprint density at radius 3 is 2.32 bits per heavy atom. The zero-order valence-electron chi connectivity index (χ0n) is 10.8. The third-order valence-corrected chi connectivity index (χ3v) is 3.97. The Labute approximate surface area is 113 Å². The standard InChI is InChI=1S/C12H16F2N2O2S/c1-16(2)11(17)4-3-5-19(18)12-9(13)6-8(15)7-10(12)14/h6-7H,3-5,15H2,1-2H3. The first kappa shape index (κ1) is 15.6. The van der Waals surface area contributed by atoms with E-state index < -0.39 is 27.3 Å². The van der Waals surface area contributed by atoms with E-state index in [2.05, 4.69) is 0 Å². The van der Waals surface area contributed by atoms with Crippen molar-refractivity contribution in [1.82, 2.24) is 4.90 Å². The van der Waals surface area contributed by atoms with Gasteiger partial charge in [-0.15, -0.1) is 0 Å². The van der Waals surface area contributed by atoms with Crippen LogP contribution in [0.25, 0.3) is 0 Å². The number of hydrogen-bond donors (Lipinski definition) is 1. The van der Waals surface area contributed by atoms with Crippen molar-refractivity contribution in [1.29, 1.82) is 0 Å². The highest BCUT2D eigenvalue weighted by Crippen LogP contribution is 2.21. The van der Waals surface area contributed by atoms with Crippen molar-refractivity contribution in [3.05, 3.63) is 23.8 Å². The monoisotopic (exact) mass is 290 g/mol. The SMILES string of the molecule is CN(C)C(=O)CCCS(=O)c1c(F)cc(N)cc1F. The lowest BCUT2D eigenvalue weighted by Gasteiger charge is -2.10. The summed E-state index contributed by atoms with van der Waals surface area (Å²) < 4.78 is 38.8. The van der Waals surface area contributed by atoms with E-state index in [0.29, 0.717) is 6.42 Å². The maximum absolute atomic E-state index is 13.5. The summed E-state index contributed by atoms with van der Waals surface area (Å²) in [5.41, 5.74) is 5.22. The molecule has 0 aliphatic carbocycles. The second-order valence-corrected chi connectivity index (χ2v) is 5.76. The van der Waals surface area contributed by atoms with Crippen molar-refractivity contribution in [3.63, 3.8) is 0 Å². The van der Waals surface area contributed by atoms with Gasteiger partial charge in [0.25, 0.3) is 0 Å². The van der Waals surface area contributed by atoms with Crippen LogP contribution < -0.4 is 5.73 Å². The number of anilines is 1. The predicted molar refractivity (Wildman–Crippen MR) is 70.0 cm³/mol. The number of amides is 1. The molecule has 0 aliphatic rings. The number of carbonyl (C=O) groups excluding carboxylic acids is 1. The fourth-order valence-corrected chi connectivity index (χ4v) is 2.64. The molecule has 1 atom stereocenters. The van der Waals surface area contributed by atoms with Crippen molar-refractivity contribution >= 4 is 22.4 Å². The van der Waals surface area contributed by atoms with E-state index in [1.54, 1.807) is 14.1 Å². The smallest absolute Gasteiger partial charge is 0.222 e. The molecule has 0 aromatic heterocycles. The summed E-state index contributed by atoms with van der Waals surface area (Å²) in [5, 5.41) is 0. The maximum atomic E-state index is 13.5. The van der Waals surface area contributed by atoms with E-state index in [9.17, 15) is 17.8 Å². The number of nitrogen functional groups attached to an aromatic ring is 1. The van der Waals surface area contributed by atoms with Crippen LogP contribution in [0, 0.1) is 11.6 Å². The van der Waals surface area contributed by atoms with Gasteiger partial charge in [-0.25, -0.2) is 8.78 Å². The molecule has 0 heterocycles. The summed E-state index contributed by atoms with van der Waals surface area (Å²) in [6, 6.07) is 1.86. The van der Waals surface area contributed by atoms with E-state index in [-0.39, 0.29) is 23.8 Å². The summed E-state index contributed by atoms with van der Waals surface area (Å²) in [6.45, 7) is 0. The molecule has 1 aromatic carbocycles. The highest BCUT2D eigenvalue weighted by molar-refractivity contribution is 7.85. The average molecular weight is 290 g/mol. The fourth-order valence-electron chi connectivity index (χ4n) is 1.48. The number of benzene rings is 1. The minimum absolute atomic E-state index is 0.0251. The zero-order chi connectivity index (χ0) is 14.6. The Kier molecular flexibility index (Phi) is 5.41. The summed E-state index contributed by atoms with van der Waals surface area (Å²) >= 11 is 0. The molecule has 2 N–H and O–H groups in total.